The summed E-state index contributed by atoms with van der Waals surface area (Å²) in [4.78, 5) is 52.4. The minimum atomic E-state index is -1.41. The normalized spacial score (nSPS) is 25.8. The summed E-state index contributed by atoms with van der Waals surface area (Å²) in [6.07, 6.45) is 13.4. The summed E-state index contributed by atoms with van der Waals surface area (Å²) < 4.78 is 5.79. The summed E-state index contributed by atoms with van der Waals surface area (Å²) in [7, 11) is 0. The second-order valence-electron chi connectivity index (χ2n) is 12.5. The molecule has 0 saturated carbocycles. The zero-order chi connectivity index (χ0) is 31.7. The highest BCUT2D eigenvalue weighted by Gasteiger charge is 2.39. The van der Waals surface area contributed by atoms with Crippen molar-refractivity contribution in [3.05, 3.63) is 0 Å². The van der Waals surface area contributed by atoms with Crippen LogP contribution < -0.4 is 16.0 Å². The number of aliphatic hydroxyl groups excluding tert-OH is 2. The van der Waals surface area contributed by atoms with Gasteiger partial charge in [-0.1, -0.05) is 112 Å². The van der Waals surface area contributed by atoms with Crippen molar-refractivity contribution in [2.75, 3.05) is 6.61 Å². The number of rotatable bonds is 17. The van der Waals surface area contributed by atoms with Gasteiger partial charge in [0.25, 0.3) is 0 Å². The number of hydrogen-bond acceptors (Lipinski definition) is 7. The molecule has 1 rings (SSSR count). The van der Waals surface area contributed by atoms with Gasteiger partial charge < -0.3 is 30.9 Å². The van der Waals surface area contributed by atoms with Crippen LogP contribution in [0.25, 0.3) is 0 Å². The third kappa shape index (κ3) is 13.4. The number of carbonyl (C=O) groups excluding carboxylic acids is 4. The predicted molar refractivity (Wildman–Crippen MR) is 163 cm³/mol. The average Bonchev–Trinajstić information content (AvgIpc) is 2.95. The molecule has 0 unspecified atom stereocenters. The fourth-order valence-electron chi connectivity index (χ4n) is 5.46. The van der Waals surface area contributed by atoms with Gasteiger partial charge in [-0.15, -0.1) is 0 Å². The van der Waals surface area contributed by atoms with Gasteiger partial charge in [0.15, 0.2) is 6.04 Å². The van der Waals surface area contributed by atoms with E-state index in [1.165, 1.54) is 64.7 Å². The summed E-state index contributed by atoms with van der Waals surface area (Å²) in [5, 5.41) is 27.6. The Labute approximate surface area is 253 Å². The number of unbranched alkanes of at least 4 members (excludes halogenated alkanes) is 11. The Morgan fingerprint density at radius 2 is 1.19 bits per heavy atom. The smallest absolute Gasteiger partial charge is 0.331 e. The lowest BCUT2D eigenvalue weighted by Crippen LogP contribution is -2.60. The van der Waals surface area contributed by atoms with Crippen molar-refractivity contribution in [3.63, 3.8) is 0 Å². The monoisotopic (exact) mass is 597 g/mol. The molecular formula is C32H59N3O7. The largest absolute Gasteiger partial charge is 0.460 e. The summed E-state index contributed by atoms with van der Waals surface area (Å²) in [5.41, 5.74) is 0. The van der Waals surface area contributed by atoms with Crippen LogP contribution in [0, 0.1) is 17.8 Å². The summed E-state index contributed by atoms with van der Waals surface area (Å²) >= 11 is 0. The van der Waals surface area contributed by atoms with E-state index in [0.29, 0.717) is 0 Å². The Kier molecular flexibility index (Phi) is 18.6. The second kappa shape index (κ2) is 20.7. The van der Waals surface area contributed by atoms with Gasteiger partial charge >= 0.3 is 5.97 Å². The number of carbonyl (C=O) groups is 4. The lowest BCUT2D eigenvalue weighted by atomic mass is 9.88. The maximum Gasteiger partial charge on any atom is 0.331 e. The summed E-state index contributed by atoms with van der Waals surface area (Å²) in [6, 6.07) is -3.77. The van der Waals surface area contributed by atoms with Crippen molar-refractivity contribution in [3.8, 4) is 0 Å². The van der Waals surface area contributed by atoms with Gasteiger partial charge in [0, 0.05) is 0 Å². The first-order chi connectivity index (χ1) is 19.9. The van der Waals surface area contributed by atoms with E-state index in [0.717, 1.165) is 25.7 Å². The minimum Gasteiger partial charge on any atom is -0.460 e. The Morgan fingerprint density at radius 1 is 0.714 bits per heavy atom. The Balaban J connectivity index is 2.86. The molecule has 0 aromatic heterocycles. The number of amides is 3. The predicted octanol–water partition coefficient (Wildman–Crippen LogP) is 3.76. The minimum absolute atomic E-state index is 0.172. The van der Waals surface area contributed by atoms with Crippen molar-refractivity contribution in [2.45, 2.75) is 155 Å². The maximum absolute atomic E-state index is 13.3. The summed E-state index contributed by atoms with van der Waals surface area (Å²) in [6.45, 7) is 9.94. The van der Waals surface area contributed by atoms with E-state index in [2.05, 4.69) is 22.9 Å². The number of aliphatic hydroxyl groups is 2. The van der Waals surface area contributed by atoms with Crippen molar-refractivity contribution in [1.82, 2.24) is 16.0 Å². The maximum atomic E-state index is 13.3. The molecule has 0 aromatic carbocycles. The van der Waals surface area contributed by atoms with E-state index in [-0.39, 0.29) is 11.8 Å². The topological polar surface area (TPSA) is 154 Å². The van der Waals surface area contributed by atoms with Gasteiger partial charge in [-0.3, -0.25) is 14.4 Å². The number of hydrogen-bond donors (Lipinski definition) is 5. The first kappa shape index (κ1) is 37.8. The molecule has 1 saturated heterocycles. The number of nitrogens with one attached hydrogen (secondary N) is 3. The van der Waals surface area contributed by atoms with E-state index in [4.69, 9.17) is 4.74 Å². The lowest BCUT2D eigenvalue weighted by molar-refractivity contribution is -0.162. The highest BCUT2D eigenvalue weighted by molar-refractivity contribution is 5.94. The third-order valence-electron chi connectivity index (χ3n) is 8.33. The van der Waals surface area contributed by atoms with Crippen LogP contribution in [-0.2, 0) is 23.9 Å². The first-order valence-corrected chi connectivity index (χ1v) is 16.3. The van der Waals surface area contributed by atoms with Crippen LogP contribution in [0.2, 0.25) is 0 Å². The Morgan fingerprint density at radius 3 is 1.67 bits per heavy atom. The zero-order valence-electron chi connectivity index (χ0n) is 27.0. The first-order valence-electron chi connectivity index (χ1n) is 16.3. The zero-order valence-corrected chi connectivity index (χ0v) is 27.0. The van der Waals surface area contributed by atoms with E-state index < -0.39 is 66.5 Å². The van der Waals surface area contributed by atoms with Crippen LogP contribution in [-0.4, -0.2) is 70.8 Å². The fraction of sp³-hybridized carbons (Fsp3) is 0.875. The van der Waals surface area contributed by atoms with Crippen LogP contribution in [0.15, 0.2) is 0 Å². The van der Waals surface area contributed by atoms with Crippen molar-refractivity contribution in [1.29, 1.82) is 0 Å². The molecule has 10 nitrogen and oxygen atoms in total. The standard InChI is InChI=1S/C32H59N3O7/c1-7-8-9-10-11-12-13-14-15-16-17-18-19-22(4)28-23(5)29(38)34-26(21(2)3)30(39)35-27(24(6)37)31(40)33-25(20-36)32(41)42-28/h21-28,36-37H,7-20H2,1-6H3,(H,33,40)(H,34,38)(H,35,39)/t22-,23+,24+,25-,26-,27-,28+/m0/s1. The number of esters is 1. The Hall–Kier alpha value is -2.20. The molecule has 0 bridgehead atoms. The van der Waals surface area contributed by atoms with Crippen LogP contribution in [0.4, 0.5) is 0 Å². The third-order valence-corrected chi connectivity index (χ3v) is 8.33. The Bertz CT molecular complexity index is 820. The molecule has 3 amide bonds. The van der Waals surface area contributed by atoms with Crippen LogP contribution in [0.3, 0.4) is 0 Å². The molecule has 0 aliphatic carbocycles. The molecule has 0 spiro atoms. The molecule has 0 radical (unpaired) electrons. The highest BCUT2D eigenvalue weighted by atomic mass is 16.5. The molecule has 1 heterocycles. The van der Waals surface area contributed by atoms with Gasteiger partial charge in [0.05, 0.1) is 18.6 Å². The van der Waals surface area contributed by atoms with Crippen LogP contribution in [0.5, 0.6) is 0 Å². The van der Waals surface area contributed by atoms with Crippen molar-refractivity contribution >= 4 is 23.7 Å². The average molecular weight is 598 g/mol. The van der Waals surface area contributed by atoms with Gasteiger partial charge in [-0.25, -0.2) is 4.79 Å². The van der Waals surface area contributed by atoms with Gasteiger partial charge in [0.1, 0.15) is 18.2 Å². The van der Waals surface area contributed by atoms with Gasteiger partial charge in [0.2, 0.25) is 17.7 Å². The van der Waals surface area contributed by atoms with E-state index >= 15 is 0 Å². The molecule has 5 N–H and O–H groups in total. The molecule has 244 valence electrons. The van der Waals surface area contributed by atoms with Gasteiger partial charge in [-0.05, 0) is 25.2 Å². The summed E-state index contributed by atoms with van der Waals surface area (Å²) in [5.74, 6) is -4.04. The number of ether oxygens (including phenoxy) is 1. The molecule has 1 aliphatic rings. The van der Waals surface area contributed by atoms with Crippen LogP contribution >= 0.6 is 0 Å². The quantitative estimate of drug-likeness (QED) is 0.126. The molecule has 1 aliphatic heterocycles. The van der Waals surface area contributed by atoms with E-state index in [9.17, 15) is 29.4 Å². The lowest BCUT2D eigenvalue weighted by Gasteiger charge is -2.31. The van der Waals surface area contributed by atoms with Gasteiger partial charge in [-0.2, -0.15) is 0 Å². The van der Waals surface area contributed by atoms with E-state index in [1.807, 2.05) is 6.92 Å². The number of cyclic esters (lactones) is 1. The highest BCUT2D eigenvalue weighted by Crippen LogP contribution is 2.25. The molecule has 0 aromatic rings. The fourth-order valence-corrected chi connectivity index (χ4v) is 5.46. The molecular weight excluding hydrogens is 538 g/mol. The molecule has 42 heavy (non-hydrogen) atoms. The molecule has 10 heteroatoms. The SMILES string of the molecule is CCCCCCCCCCCCCC[C@H](C)[C@H]1OC(=O)[C@H](CO)NC(=O)[C@H]([C@@H](C)O)NC(=O)[C@H](C(C)C)NC(=O)[C@@H]1C. The van der Waals surface area contributed by atoms with Crippen LogP contribution in [0.1, 0.15) is 125 Å². The van der Waals surface area contributed by atoms with E-state index in [1.54, 1.807) is 20.8 Å². The molecule has 1 fully saturated rings. The second-order valence-corrected chi connectivity index (χ2v) is 12.5. The molecule has 7 atom stereocenters. The van der Waals surface area contributed by atoms with Crippen molar-refractivity contribution in [2.24, 2.45) is 17.8 Å². The van der Waals surface area contributed by atoms with Crippen molar-refractivity contribution < 1.29 is 34.1 Å².